The molecule has 0 radical (unpaired) electrons. The van der Waals surface area contributed by atoms with Crippen molar-refractivity contribution in [1.82, 2.24) is 9.21 Å². The zero-order valence-corrected chi connectivity index (χ0v) is 11.1. The van der Waals surface area contributed by atoms with Crippen molar-refractivity contribution in [2.45, 2.75) is 32.1 Å². The molecule has 0 amide bonds. The molecule has 0 saturated carbocycles. The number of hydrogen-bond donors (Lipinski definition) is 1. The van der Waals surface area contributed by atoms with Gasteiger partial charge in [0.2, 0.25) is 10.0 Å². The summed E-state index contributed by atoms with van der Waals surface area (Å²) < 4.78 is 25.3. The molecule has 16 heavy (non-hydrogen) atoms. The van der Waals surface area contributed by atoms with Crippen LogP contribution >= 0.6 is 0 Å². The minimum atomic E-state index is -3.11. The fraction of sp³-hybridized carbons (Fsp3) is 1.00. The van der Waals surface area contributed by atoms with Crippen molar-refractivity contribution in [1.29, 1.82) is 0 Å². The second kappa shape index (κ2) is 5.44. The maximum absolute atomic E-state index is 11.9. The van der Waals surface area contributed by atoms with E-state index in [0.29, 0.717) is 26.2 Å². The molecule has 0 spiro atoms. The second-order valence-corrected chi connectivity index (χ2v) is 7.05. The van der Waals surface area contributed by atoms with Crippen LogP contribution in [-0.4, -0.2) is 66.8 Å². The zero-order chi connectivity index (χ0) is 12.3. The van der Waals surface area contributed by atoms with Gasteiger partial charge in [-0.25, -0.2) is 8.42 Å². The smallest absolute Gasteiger partial charge is 0.216 e. The predicted octanol–water partition coefficient (Wildman–Crippen LogP) is -0.277. The van der Waals surface area contributed by atoms with E-state index in [1.54, 1.807) is 18.2 Å². The monoisotopic (exact) mass is 250 g/mol. The number of hydrogen-bond acceptors (Lipinski definition) is 4. The maximum Gasteiger partial charge on any atom is 0.216 e. The summed E-state index contributed by atoms with van der Waals surface area (Å²) in [4.78, 5) is 2.12. The van der Waals surface area contributed by atoms with Gasteiger partial charge < -0.3 is 5.11 Å². The van der Waals surface area contributed by atoms with E-state index in [1.807, 2.05) is 6.92 Å². The van der Waals surface area contributed by atoms with E-state index in [0.717, 1.165) is 0 Å². The summed E-state index contributed by atoms with van der Waals surface area (Å²) in [6, 6.07) is 0.115. The van der Waals surface area contributed by atoms with E-state index in [1.165, 1.54) is 0 Å². The summed E-state index contributed by atoms with van der Waals surface area (Å²) in [5.41, 5.74) is 0. The number of piperazine rings is 1. The first-order valence-electron chi connectivity index (χ1n) is 5.73. The molecule has 6 heteroatoms. The predicted molar refractivity (Wildman–Crippen MR) is 63.7 cm³/mol. The SMILES string of the molecule is CC(C)S(=O)(=O)N1CCN([C@@H](C)CO)CC1. The van der Waals surface area contributed by atoms with Crippen molar-refractivity contribution in [3.05, 3.63) is 0 Å². The van der Waals surface area contributed by atoms with Gasteiger partial charge in [0.25, 0.3) is 0 Å². The molecule has 1 aliphatic rings. The lowest BCUT2D eigenvalue weighted by Crippen LogP contribution is -2.53. The normalized spacial score (nSPS) is 22.6. The first-order chi connectivity index (χ1) is 7.39. The third kappa shape index (κ3) is 2.94. The van der Waals surface area contributed by atoms with Gasteiger partial charge in [-0.05, 0) is 20.8 Å². The van der Waals surface area contributed by atoms with Crippen LogP contribution < -0.4 is 0 Å². The minimum absolute atomic E-state index is 0.115. The molecule has 0 bridgehead atoms. The average Bonchev–Trinajstić information content (AvgIpc) is 2.28. The molecule has 0 aromatic heterocycles. The van der Waals surface area contributed by atoms with E-state index in [9.17, 15) is 8.42 Å². The third-order valence-corrected chi connectivity index (χ3v) is 5.39. The highest BCUT2D eigenvalue weighted by molar-refractivity contribution is 7.89. The molecule has 1 heterocycles. The summed E-state index contributed by atoms with van der Waals surface area (Å²) in [6.07, 6.45) is 0. The molecule has 1 aliphatic heterocycles. The Hall–Kier alpha value is -0.170. The number of rotatable bonds is 4. The summed E-state index contributed by atoms with van der Waals surface area (Å²) in [5, 5.41) is 8.68. The fourth-order valence-corrected chi connectivity index (χ4v) is 3.08. The molecule has 1 N–H and O–H groups in total. The largest absolute Gasteiger partial charge is 0.395 e. The van der Waals surface area contributed by atoms with Crippen LogP contribution in [0.15, 0.2) is 0 Å². The van der Waals surface area contributed by atoms with Crippen LogP contribution in [0, 0.1) is 0 Å². The Balaban J connectivity index is 2.56. The average molecular weight is 250 g/mol. The van der Waals surface area contributed by atoms with Gasteiger partial charge >= 0.3 is 0 Å². The van der Waals surface area contributed by atoms with Crippen molar-refractivity contribution < 1.29 is 13.5 Å². The third-order valence-electron chi connectivity index (χ3n) is 3.12. The van der Waals surface area contributed by atoms with E-state index in [4.69, 9.17) is 5.11 Å². The maximum atomic E-state index is 11.9. The minimum Gasteiger partial charge on any atom is -0.395 e. The summed E-state index contributed by atoms with van der Waals surface area (Å²) >= 11 is 0. The van der Waals surface area contributed by atoms with Gasteiger partial charge in [-0.1, -0.05) is 0 Å². The van der Waals surface area contributed by atoms with Gasteiger partial charge in [-0.3, -0.25) is 4.90 Å². The van der Waals surface area contributed by atoms with Crippen LogP contribution in [0.3, 0.4) is 0 Å². The quantitative estimate of drug-likeness (QED) is 0.746. The number of aliphatic hydroxyl groups is 1. The van der Waals surface area contributed by atoms with Gasteiger partial charge in [-0.2, -0.15) is 4.31 Å². The summed E-state index contributed by atoms with van der Waals surface area (Å²) in [7, 11) is -3.11. The van der Waals surface area contributed by atoms with Crippen molar-refractivity contribution in [3.63, 3.8) is 0 Å². The summed E-state index contributed by atoms with van der Waals surface area (Å²) in [6.45, 7) is 7.96. The molecule has 96 valence electrons. The van der Waals surface area contributed by atoms with Crippen LogP contribution in [-0.2, 0) is 10.0 Å². The van der Waals surface area contributed by atoms with Crippen LogP contribution in [0.1, 0.15) is 20.8 Å². The second-order valence-electron chi connectivity index (χ2n) is 4.56. The van der Waals surface area contributed by atoms with E-state index < -0.39 is 10.0 Å². The zero-order valence-electron chi connectivity index (χ0n) is 10.3. The highest BCUT2D eigenvalue weighted by atomic mass is 32.2. The topological polar surface area (TPSA) is 60.9 Å². The van der Waals surface area contributed by atoms with Crippen LogP contribution in [0.5, 0.6) is 0 Å². The highest BCUT2D eigenvalue weighted by Gasteiger charge is 2.30. The molecule has 1 saturated heterocycles. The van der Waals surface area contributed by atoms with Crippen LogP contribution in [0.25, 0.3) is 0 Å². The van der Waals surface area contributed by atoms with Crippen LogP contribution in [0.4, 0.5) is 0 Å². The molecular formula is C10H22N2O3S. The lowest BCUT2D eigenvalue weighted by atomic mass is 10.2. The van der Waals surface area contributed by atoms with Gasteiger partial charge in [0, 0.05) is 32.2 Å². The molecule has 1 rings (SSSR count). The fourth-order valence-electron chi connectivity index (χ4n) is 1.81. The van der Waals surface area contributed by atoms with E-state index >= 15 is 0 Å². The first kappa shape index (κ1) is 13.9. The van der Waals surface area contributed by atoms with Crippen molar-refractivity contribution in [3.8, 4) is 0 Å². The Bertz CT molecular complexity index is 308. The Morgan fingerprint density at radius 2 is 1.62 bits per heavy atom. The summed E-state index contributed by atoms with van der Waals surface area (Å²) in [5.74, 6) is 0. The number of nitrogens with zero attached hydrogens (tertiary/aromatic N) is 2. The Kier molecular flexibility index (Phi) is 4.73. The first-order valence-corrected chi connectivity index (χ1v) is 7.23. The number of sulfonamides is 1. The lowest BCUT2D eigenvalue weighted by Gasteiger charge is -2.37. The van der Waals surface area contributed by atoms with Crippen molar-refractivity contribution in [2.24, 2.45) is 0 Å². The Morgan fingerprint density at radius 1 is 1.12 bits per heavy atom. The molecule has 1 fully saturated rings. The van der Waals surface area contributed by atoms with Gasteiger partial charge in [0.05, 0.1) is 11.9 Å². The van der Waals surface area contributed by atoms with E-state index in [-0.39, 0.29) is 17.9 Å². The van der Waals surface area contributed by atoms with Gasteiger partial charge in [0.1, 0.15) is 0 Å². The van der Waals surface area contributed by atoms with Crippen molar-refractivity contribution in [2.75, 3.05) is 32.8 Å². The van der Waals surface area contributed by atoms with E-state index in [2.05, 4.69) is 4.90 Å². The number of aliphatic hydroxyl groups excluding tert-OH is 1. The van der Waals surface area contributed by atoms with Gasteiger partial charge in [0.15, 0.2) is 0 Å². The molecule has 1 atom stereocenters. The highest BCUT2D eigenvalue weighted by Crippen LogP contribution is 2.13. The van der Waals surface area contributed by atoms with Gasteiger partial charge in [-0.15, -0.1) is 0 Å². The Labute approximate surface area is 98.1 Å². The van der Waals surface area contributed by atoms with Crippen LogP contribution in [0.2, 0.25) is 0 Å². The Morgan fingerprint density at radius 3 is 2.00 bits per heavy atom. The molecule has 0 aliphatic carbocycles. The molecule has 5 nitrogen and oxygen atoms in total. The lowest BCUT2D eigenvalue weighted by molar-refractivity contribution is 0.100. The molecule has 0 unspecified atom stereocenters. The van der Waals surface area contributed by atoms with Crippen molar-refractivity contribution >= 4 is 10.0 Å². The molecule has 0 aromatic rings. The molecule has 0 aromatic carbocycles. The standard InChI is InChI=1S/C10H22N2O3S/c1-9(2)16(14,15)12-6-4-11(5-7-12)10(3)8-13/h9-10,13H,4-8H2,1-3H3/t10-/m0/s1. The molecular weight excluding hydrogens is 228 g/mol.